The lowest BCUT2D eigenvalue weighted by atomic mass is 10.2. The molecule has 2 N–H and O–H groups in total. The van der Waals surface area contributed by atoms with Gasteiger partial charge in [0, 0.05) is 19.1 Å². The van der Waals surface area contributed by atoms with Gasteiger partial charge in [-0.05, 0) is 46.7 Å². The monoisotopic (exact) mass is 271 g/mol. The summed E-state index contributed by atoms with van der Waals surface area (Å²) in [6.45, 7) is 6.29. The molecule has 1 fully saturated rings. The van der Waals surface area contributed by atoms with Crippen molar-refractivity contribution < 1.29 is 14.7 Å². The summed E-state index contributed by atoms with van der Waals surface area (Å²) in [4.78, 5) is 26.5. The van der Waals surface area contributed by atoms with Crippen LogP contribution in [0.1, 0.15) is 33.1 Å². The Hall–Kier alpha value is -1.30. The SMILES string of the molecule is CC(C)N(C)CCCNC(=O)N1CCC[C@H]1C(=O)O. The maximum atomic E-state index is 11.9. The Kier molecular flexibility index (Phi) is 6.08. The number of aliphatic carboxylic acids is 1. The van der Waals surface area contributed by atoms with Crippen LogP contribution in [0.2, 0.25) is 0 Å². The molecule has 19 heavy (non-hydrogen) atoms. The van der Waals surface area contributed by atoms with Gasteiger partial charge in [-0.25, -0.2) is 9.59 Å². The minimum Gasteiger partial charge on any atom is -0.480 e. The van der Waals surface area contributed by atoms with Crippen molar-refractivity contribution in [2.24, 2.45) is 0 Å². The number of urea groups is 1. The third kappa shape index (κ3) is 4.70. The first-order valence-electron chi connectivity index (χ1n) is 6.91. The fraction of sp³-hybridized carbons (Fsp3) is 0.846. The highest BCUT2D eigenvalue weighted by Crippen LogP contribution is 2.17. The van der Waals surface area contributed by atoms with E-state index in [9.17, 15) is 9.59 Å². The van der Waals surface area contributed by atoms with Crippen LogP contribution in [0.25, 0.3) is 0 Å². The first-order valence-corrected chi connectivity index (χ1v) is 6.91. The van der Waals surface area contributed by atoms with Gasteiger partial charge in [0.2, 0.25) is 0 Å². The van der Waals surface area contributed by atoms with Crippen molar-refractivity contribution in [1.29, 1.82) is 0 Å². The molecule has 1 rings (SSSR count). The number of rotatable bonds is 6. The summed E-state index contributed by atoms with van der Waals surface area (Å²) >= 11 is 0. The number of hydrogen-bond donors (Lipinski definition) is 2. The molecular formula is C13H25N3O3. The zero-order valence-corrected chi connectivity index (χ0v) is 12.1. The van der Waals surface area contributed by atoms with Crippen molar-refractivity contribution in [1.82, 2.24) is 15.1 Å². The molecule has 0 aromatic rings. The lowest BCUT2D eigenvalue weighted by Crippen LogP contribution is -2.46. The minimum atomic E-state index is -0.910. The second-order valence-corrected chi connectivity index (χ2v) is 5.35. The number of amides is 2. The number of hydrogen-bond acceptors (Lipinski definition) is 3. The quantitative estimate of drug-likeness (QED) is 0.706. The molecule has 0 aromatic heterocycles. The normalized spacial score (nSPS) is 19.2. The molecule has 0 aliphatic carbocycles. The number of carbonyl (C=O) groups is 2. The summed E-state index contributed by atoms with van der Waals surface area (Å²) in [5.74, 6) is -0.910. The van der Waals surface area contributed by atoms with E-state index in [-0.39, 0.29) is 6.03 Å². The van der Waals surface area contributed by atoms with E-state index in [4.69, 9.17) is 5.11 Å². The first-order chi connectivity index (χ1) is 8.93. The standard InChI is InChI=1S/C13H25N3O3/c1-10(2)15(3)8-5-7-14-13(19)16-9-4-6-11(16)12(17)18/h10-11H,4-9H2,1-3H3,(H,14,19)(H,17,18)/t11-/m0/s1. The van der Waals surface area contributed by atoms with Crippen molar-refractivity contribution in [3.63, 3.8) is 0 Å². The van der Waals surface area contributed by atoms with Crippen LogP contribution >= 0.6 is 0 Å². The zero-order chi connectivity index (χ0) is 14.4. The van der Waals surface area contributed by atoms with Crippen LogP contribution in [0.4, 0.5) is 4.79 Å². The average Bonchev–Trinajstić information content (AvgIpc) is 2.83. The third-order valence-corrected chi connectivity index (χ3v) is 3.64. The van der Waals surface area contributed by atoms with Gasteiger partial charge < -0.3 is 20.2 Å². The van der Waals surface area contributed by atoms with E-state index in [2.05, 4.69) is 24.1 Å². The average molecular weight is 271 g/mol. The molecule has 0 aromatic carbocycles. The third-order valence-electron chi connectivity index (χ3n) is 3.64. The predicted octanol–water partition coefficient (Wildman–Crippen LogP) is 0.975. The number of nitrogens with zero attached hydrogens (tertiary/aromatic N) is 2. The molecule has 1 aliphatic rings. The van der Waals surface area contributed by atoms with Crippen LogP contribution in [0, 0.1) is 0 Å². The topological polar surface area (TPSA) is 72.9 Å². The summed E-state index contributed by atoms with van der Waals surface area (Å²) in [6, 6.07) is -0.416. The minimum absolute atomic E-state index is 0.253. The van der Waals surface area contributed by atoms with E-state index in [1.54, 1.807) is 0 Å². The number of carboxylic acid groups (broad SMARTS) is 1. The maximum absolute atomic E-state index is 11.9. The predicted molar refractivity (Wildman–Crippen MR) is 73.1 cm³/mol. The lowest BCUT2D eigenvalue weighted by Gasteiger charge is -2.23. The molecule has 0 unspecified atom stereocenters. The van der Waals surface area contributed by atoms with E-state index in [1.165, 1.54) is 4.90 Å². The van der Waals surface area contributed by atoms with E-state index in [0.717, 1.165) is 19.4 Å². The molecular weight excluding hydrogens is 246 g/mol. The zero-order valence-electron chi connectivity index (χ0n) is 12.1. The first kappa shape index (κ1) is 15.8. The highest BCUT2D eigenvalue weighted by Gasteiger charge is 2.33. The molecule has 2 amide bonds. The molecule has 0 bridgehead atoms. The largest absolute Gasteiger partial charge is 0.480 e. The molecule has 1 atom stereocenters. The van der Waals surface area contributed by atoms with Crippen molar-refractivity contribution in [2.45, 2.75) is 45.2 Å². The van der Waals surface area contributed by atoms with Crippen molar-refractivity contribution in [3.8, 4) is 0 Å². The van der Waals surface area contributed by atoms with Crippen LogP contribution in [-0.2, 0) is 4.79 Å². The fourth-order valence-corrected chi connectivity index (χ4v) is 2.15. The molecule has 1 aliphatic heterocycles. The summed E-state index contributed by atoms with van der Waals surface area (Å²) in [5, 5.41) is 11.8. The van der Waals surface area contributed by atoms with Gasteiger partial charge in [0.25, 0.3) is 0 Å². The second kappa shape index (κ2) is 7.33. The fourth-order valence-electron chi connectivity index (χ4n) is 2.15. The van der Waals surface area contributed by atoms with Gasteiger partial charge in [0.1, 0.15) is 6.04 Å². The Balaban J connectivity index is 2.26. The lowest BCUT2D eigenvalue weighted by molar-refractivity contribution is -0.141. The van der Waals surface area contributed by atoms with Crippen molar-refractivity contribution in [2.75, 3.05) is 26.7 Å². The Morgan fingerprint density at radius 3 is 2.74 bits per heavy atom. The highest BCUT2D eigenvalue weighted by molar-refractivity contribution is 5.83. The van der Waals surface area contributed by atoms with Gasteiger partial charge in [-0.15, -0.1) is 0 Å². The van der Waals surface area contributed by atoms with Crippen LogP contribution in [-0.4, -0.2) is 65.7 Å². The van der Waals surface area contributed by atoms with Crippen LogP contribution in [0.15, 0.2) is 0 Å². The van der Waals surface area contributed by atoms with Gasteiger partial charge in [-0.1, -0.05) is 0 Å². The molecule has 0 saturated carbocycles. The number of nitrogens with one attached hydrogen (secondary N) is 1. The van der Waals surface area contributed by atoms with E-state index < -0.39 is 12.0 Å². The van der Waals surface area contributed by atoms with Crippen LogP contribution in [0.3, 0.4) is 0 Å². The Morgan fingerprint density at radius 2 is 2.16 bits per heavy atom. The highest BCUT2D eigenvalue weighted by atomic mass is 16.4. The van der Waals surface area contributed by atoms with E-state index in [1.807, 2.05) is 7.05 Å². The van der Waals surface area contributed by atoms with Gasteiger partial charge in [0.05, 0.1) is 0 Å². The molecule has 6 heteroatoms. The van der Waals surface area contributed by atoms with Crippen LogP contribution < -0.4 is 5.32 Å². The van der Waals surface area contributed by atoms with E-state index >= 15 is 0 Å². The molecule has 6 nitrogen and oxygen atoms in total. The van der Waals surface area contributed by atoms with Crippen LogP contribution in [0.5, 0.6) is 0 Å². The number of carboxylic acids is 1. The molecule has 0 spiro atoms. The number of carbonyl (C=O) groups excluding carboxylic acids is 1. The summed E-state index contributed by atoms with van der Waals surface area (Å²) < 4.78 is 0. The molecule has 1 heterocycles. The van der Waals surface area contributed by atoms with Crippen molar-refractivity contribution >= 4 is 12.0 Å². The summed E-state index contributed by atoms with van der Waals surface area (Å²) in [7, 11) is 2.05. The van der Waals surface area contributed by atoms with E-state index in [0.29, 0.717) is 25.6 Å². The summed E-state index contributed by atoms with van der Waals surface area (Å²) in [6.07, 6.45) is 2.19. The Labute approximate surface area is 114 Å². The number of likely N-dealkylation sites (tertiary alicyclic amines) is 1. The molecule has 110 valence electrons. The molecule has 1 saturated heterocycles. The van der Waals surface area contributed by atoms with Gasteiger partial charge in [-0.2, -0.15) is 0 Å². The second-order valence-electron chi connectivity index (χ2n) is 5.35. The smallest absolute Gasteiger partial charge is 0.326 e. The van der Waals surface area contributed by atoms with Gasteiger partial charge >= 0.3 is 12.0 Å². The summed E-state index contributed by atoms with van der Waals surface area (Å²) in [5.41, 5.74) is 0. The Morgan fingerprint density at radius 1 is 1.47 bits per heavy atom. The van der Waals surface area contributed by atoms with Gasteiger partial charge in [0.15, 0.2) is 0 Å². The maximum Gasteiger partial charge on any atom is 0.326 e. The van der Waals surface area contributed by atoms with Crippen molar-refractivity contribution in [3.05, 3.63) is 0 Å². The van der Waals surface area contributed by atoms with Gasteiger partial charge in [-0.3, -0.25) is 0 Å². The molecule has 0 radical (unpaired) electrons. The Bertz CT molecular complexity index is 320.